The van der Waals surface area contributed by atoms with Gasteiger partial charge in [-0.1, -0.05) is 6.07 Å². The number of methoxy groups -OCH3 is 1. The summed E-state index contributed by atoms with van der Waals surface area (Å²) in [6.45, 7) is 1.23. The number of ether oxygens (including phenoxy) is 2. The number of anilines is 1. The van der Waals surface area contributed by atoms with Crippen molar-refractivity contribution in [3.8, 4) is 5.75 Å². The number of esters is 1. The quantitative estimate of drug-likeness (QED) is 0.790. The smallest absolute Gasteiger partial charge is 0.343 e. The molecule has 0 bridgehead atoms. The van der Waals surface area contributed by atoms with Crippen molar-refractivity contribution < 1.29 is 31.5 Å². The van der Waals surface area contributed by atoms with Gasteiger partial charge in [0.05, 0.1) is 12.0 Å². The van der Waals surface area contributed by atoms with Crippen molar-refractivity contribution in [2.75, 3.05) is 18.4 Å². The highest BCUT2D eigenvalue weighted by molar-refractivity contribution is 7.92. The zero-order chi connectivity index (χ0) is 18.6. The van der Waals surface area contributed by atoms with Crippen LogP contribution in [0.2, 0.25) is 0 Å². The topological polar surface area (TPSA) is 81.7 Å². The van der Waals surface area contributed by atoms with Crippen LogP contribution in [0, 0.1) is 18.6 Å². The molecule has 1 N–H and O–H groups in total. The van der Waals surface area contributed by atoms with Crippen LogP contribution < -0.4 is 9.46 Å². The van der Waals surface area contributed by atoms with E-state index in [1.54, 1.807) is 6.92 Å². The number of carbonyl (C=O) groups is 1. The Morgan fingerprint density at radius 3 is 2.36 bits per heavy atom. The van der Waals surface area contributed by atoms with E-state index in [9.17, 15) is 22.0 Å². The van der Waals surface area contributed by atoms with Gasteiger partial charge < -0.3 is 9.47 Å². The molecular formula is C16H15F2NO5S. The van der Waals surface area contributed by atoms with Crippen molar-refractivity contribution in [3.05, 3.63) is 53.6 Å². The molecule has 2 aromatic carbocycles. The van der Waals surface area contributed by atoms with E-state index in [1.807, 2.05) is 4.72 Å². The highest BCUT2D eigenvalue weighted by Crippen LogP contribution is 2.25. The van der Waals surface area contributed by atoms with Crippen molar-refractivity contribution in [2.45, 2.75) is 11.8 Å². The Bertz CT molecular complexity index is 879. The van der Waals surface area contributed by atoms with E-state index in [4.69, 9.17) is 4.74 Å². The highest BCUT2D eigenvalue weighted by Gasteiger charge is 2.20. The maximum atomic E-state index is 13.6. The Kier molecular flexibility index (Phi) is 5.58. The number of hydrogen-bond acceptors (Lipinski definition) is 5. The summed E-state index contributed by atoms with van der Waals surface area (Å²) in [6, 6.07) is 6.80. The summed E-state index contributed by atoms with van der Waals surface area (Å²) in [4.78, 5) is 10.9. The Morgan fingerprint density at radius 1 is 1.16 bits per heavy atom. The number of halogens is 2. The SMILES string of the molecule is COC(=O)COc1ccc(S(=O)(=O)Nc2c(F)cccc2F)cc1C. The summed E-state index contributed by atoms with van der Waals surface area (Å²) in [7, 11) is -3.00. The van der Waals surface area contributed by atoms with Gasteiger partial charge in [0.25, 0.3) is 10.0 Å². The second-order valence-corrected chi connectivity index (χ2v) is 6.68. The first-order chi connectivity index (χ1) is 11.7. The van der Waals surface area contributed by atoms with Crippen molar-refractivity contribution in [3.63, 3.8) is 0 Å². The lowest BCUT2D eigenvalue weighted by molar-refractivity contribution is -0.142. The first-order valence-corrected chi connectivity index (χ1v) is 8.50. The zero-order valence-electron chi connectivity index (χ0n) is 13.4. The Balaban J connectivity index is 2.25. The number of para-hydroxylation sites is 1. The van der Waals surface area contributed by atoms with Crippen LogP contribution in [0.15, 0.2) is 41.3 Å². The third kappa shape index (κ3) is 4.44. The normalized spacial score (nSPS) is 11.0. The van der Waals surface area contributed by atoms with Crippen LogP contribution in [-0.4, -0.2) is 28.1 Å². The first kappa shape index (κ1) is 18.7. The molecule has 0 saturated heterocycles. The lowest BCUT2D eigenvalue weighted by atomic mass is 10.2. The monoisotopic (exact) mass is 371 g/mol. The average molecular weight is 371 g/mol. The van der Waals surface area contributed by atoms with Gasteiger partial charge >= 0.3 is 5.97 Å². The molecule has 0 amide bonds. The molecule has 2 rings (SSSR count). The largest absolute Gasteiger partial charge is 0.482 e. The van der Waals surface area contributed by atoms with Crippen LogP contribution in [0.25, 0.3) is 0 Å². The minimum Gasteiger partial charge on any atom is -0.482 e. The summed E-state index contributed by atoms with van der Waals surface area (Å²) in [6.07, 6.45) is 0. The maximum Gasteiger partial charge on any atom is 0.343 e. The molecule has 0 heterocycles. The second kappa shape index (κ2) is 7.47. The summed E-state index contributed by atoms with van der Waals surface area (Å²) >= 11 is 0. The minimum atomic E-state index is -4.21. The van der Waals surface area contributed by atoms with Gasteiger partial charge in [-0.05, 0) is 42.8 Å². The lowest BCUT2D eigenvalue weighted by Gasteiger charge is -2.12. The number of hydrogen-bond donors (Lipinski definition) is 1. The van der Waals surface area contributed by atoms with Crippen LogP contribution in [0.1, 0.15) is 5.56 Å². The zero-order valence-corrected chi connectivity index (χ0v) is 14.2. The number of nitrogens with one attached hydrogen (secondary N) is 1. The molecule has 0 saturated carbocycles. The van der Waals surface area contributed by atoms with Gasteiger partial charge in [0.2, 0.25) is 0 Å². The Hall–Kier alpha value is -2.68. The number of carbonyl (C=O) groups excluding carboxylic acids is 1. The summed E-state index contributed by atoms with van der Waals surface area (Å²) in [5.41, 5.74) is -0.341. The minimum absolute atomic E-state index is 0.210. The molecule has 0 radical (unpaired) electrons. The van der Waals surface area contributed by atoms with Crippen LogP contribution in [-0.2, 0) is 19.6 Å². The summed E-state index contributed by atoms with van der Waals surface area (Å²) in [5.74, 6) is -2.37. The van der Waals surface area contributed by atoms with Crippen molar-refractivity contribution in [2.24, 2.45) is 0 Å². The summed E-state index contributed by atoms with van der Waals surface area (Å²) in [5, 5.41) is 0. The summed E-state index contributed by atoms with van der Waals surface area (Å²) < 4.78 is 63.4. The number of benzene rings is 2. The molecular weight excluding hydrogens is 356 g/mol. The second-order valence-electron chi connectivity index (χ2n) is 4.99. The number of rotatable bonds is 6. The Labute approximate surface area is 143 Å². The third-order valence-corrected chi connectivity index (χ3v) is 4.58. The van der Waals surface area contributed by atoms with Crippen molar-refractivity contribution in [1.82, 2.24) is 0 Å². The molecule has 0 spiro atoms. The van der Waals surface area contributed by atoms with E-state index in [-0.39, 0.29) is 17.3 Å². The van der Waals surface area contributed by atoms with Crippen LogP contribution in [0.3, 0.4) is 0 Å². The first-order valence-electron chi connectivity index (χ1n) is 7.01. The van der Waals surface area contributed by atoms with Gasteiger partial charge in [0.15, 0.2) is 6.61 Å². The fourth-order valence-electron chi connectivity index (χ4n) is 1.94. The van der Waals surface area contributed by atoms with E-state index in [2.05, 4.69) is 4.74 Å². The third-order valence-electron chi connectivity index (χ3n) is 3.23. The van der Waals surface area contributed by atoms with Crippen molar-refractivity contribution >= 4 is 21.7 Å². The van der Waals surface area contributed by atoms with Crippen LogP contribution in [0.5, 0.6) is 5.75 Å². The van der Waals surface area contributed by atoms with Crippen LogP contribution in [0.4, 0.5) is 14.5 Å². The van der Waals surface area contributed by atoms with Gasteiger partial charge in [0.1, 0.15) is 23.1 Å². The highest BCUT2D eigenvalue weighted by atomic mass is 32.2. The molecule has 0 unspecified atom stereocenters. The Morgan fingerprint density at radius 2 is 1.80 bits per heavy atom. The van der Waals surface area contributed by atoms with E-state index in [0.29, 0.717) is 5.56 Å². The fraction of sp³-hybridized carbons (Fsp3) is 0.188. The predicted molar refractivity (Wildman–Crippen MR) is 85.9 cm³/mol. The van der Waals surface area contributed by atoms with Gasteiger partial charge in [0, 0.05) is 0 Å². The van der Waals surface area contributed by atoms with E-state index >= 15 is 0 Å². The maximum absolute atomic E-state index is 13.6. The molecule has 134 valence electrons. The van der Waals surface area contributed by atoms with Gasteiger partial charge in [-0.3, -0.25) is 4.72 Å². The van der Waals surface area contributed by atoms with E-state index in [0.717, 1.165) is 18.2 Å². The average Bonchev–Trinajstić information content (AvgIpc) is 2.56. The van der Waals surface area contributed by atoms with Crippen molar-refractivity contribution in [1.29, 1.82) is 0 Å². The molecule has 0 fully saturated rings. The molecule has 0 aliphatic carbocycles. The molecule has 2 aromatic rings. The predicted octanol–water partition coefficient (Wildman–Crippen LogP) is 2.63. The van der Waals surface area contributed by atoms with Gasteiger partial charge in [-0.25, -0.2) is 22.0 Å². The molecule has 6 nitrogen and oxygen atoms in total. The molecule has 9 heteroatoms. The molecule has 25 heavy (non-hydrogen) atoms. The molecule has 0 aliphatic heterocycles. The molecule has 0 aromatic heterocycles. The number of aryl methyl sites for hydroxylation is 1. The van der Waals surface area contributed by atoms with Gasteiger partial charge in [-0.15, -0.1) is 0 Å². The van der Waals surface area contributed by atoms with E-state index in [1.165, 1.54) is 25.3 Å². The molecule has 0 atom stereocenters. The lowest BCUT2D eigenvalue weighted by Crippen LogP contribution is -2.16. The standard InChI is InChI=1S/C16H15F2NO5S/c1-10-8-11(6-7-14(10)24-9-15(20)23-2)25(21,22)19-16-12(17)4-3-5-13(16)18/h3-8,19H,9H2,1-2H3. The van der Waals surface area contributed by atoms with Crippen LogP contribution >= 0.6 is 0 Å². The molecule has 0 aliphatic rings. The fourth-order valence-corrected chi connectivity index (χ4v) is 3.10. The van der Waals surface area contributed by atoms with E-state index < -0.39 is 33.3 Å². The van der Waals surface area contributed by atoms with Gasteiger partial charge in [-0.2, -0.15) is 0 Å². The number of sulfonamides is 1.